The second-order valence-corrected chi connectivity index (χ2v) is 8.57. The van der Waals surface area contributed by atoms with Crippen LogP contribution >= 0.6 is 11.6 Å². The van der Waals surface area contributed by atoms with E-state index in [1.165, 1.54) is 10.5 Å². The standard InChI is InChI=1S/C24H24ClNO4/c1-28-16-8-6-15(7-9-16)10-11-26-13-20-22-19(12-21(25)23(20)29-14-26)17-4-2-3-5-18(17)24(27)30-22/h6-9,12H,2-5,10-11,13-14H2,1H3/p+1. The number of hydrogen-bond donors (Lipinski definition) is 1. The van der Waals surface area contributed by atoms with Crippen LogP contribution in [-0.2, 0) is 25.8 Å². The van der Waals surface area contributed by atoms with Gasteiger partial charge in [0.2, 0.25) is 6.73 Å². The van der Waals surface area contributed by atoms with Crippen LogP contribution in [0.2, 0.25) is 5.02 Å². The summed E-state index contributed by atoms with van der Waals surface area (Å²) < 4.78 is 17.1. The lowest BCUT2D eigenvalue weighted by Crippen LogP contribution is -3.12. The Morgan fingerprint density at radius 3 is 2.63 bits per heavy atom. The summed E-state index contributed by atoms with van der Waals surface area (Å²) in [5, 5.41) is 1.58. The first kappa shape index (κ1) is 19.5. The van der Waals surface area contributed by atoms with E-state index >= 15 is 0 Å². The SMILES string of the molecule is COc1ccc(CC[NH+]2COc3c(Cl)cc4c5c(c(=O)oc4c3C2)CCCC5)cc1. The van der Waals surface area contributed by atoms with Gasteiger partial charge in [0.25, 0.3) is 0 Å². The average molecular weight is 427 g/mol. The third kappa shape index (κ3) is 3.46. The van der Waals surface area contributed by atoms with Crippen molar-refractivity contribution in [3.63, 3.8) is 0 Å². The highest BCUT2D eigenvalue weighted by molar-refractivity contribution is 6.33. The highest BCUT2D eigenvalue weighted by atomic mass is 35.5. The largest absolute Gasteiger partial charge is 0.497 e. The summed E-state index contributed by atoms with van der Waals surface area (Å²) >= 11 is 6.59. The fraction of sp³-hybridized carbons (Fsp3) is 0.375. The molecule has 2 aliphatic rings. The average Bonchev–Trinajstić information content (AvgIpc) is 2.79. The van der Waals surface area contributed by atoms with E-state index in [4.69, 9.17) is 25.5 Å². The van der Waals surface area contributed by atoms with Crippen LogP contribution in [0.3, 0.4) is 0 Å². The topological polar surface area (TPSA) is 53.1 Å². The normalized spacial score (nSPS) is 17.9. The Balaban J connectivity index is 1.45. The van der Waals surface area contributed by atoms with Gasteiger partial charge in [-0.3, -0.25) is 4.90 Å². The first-order valence-electron chi connectivity index (χ1n) is 10.5. The van der Waals surface area contributed by atoms with Crippen LogP contribution in [0, 0.1) is 0 Å². The summed E-state index contributed by atoms with van der Waals surface area (Å²) in [5.41, 5.74) is 4.56. The van der Waals surface area contributed by atoms with Crippen molar-refractivity contribution in [2.24, 2.45) is 0 Å². The Bertz CT molecular complexity index is 1150. The molecule has 0 radical (unpaired) electrons. The summed E-state index contributed by atoms with van der Waals surface area (Å²) in [4.78, 5) is 13.9. The molecule has 0 bridgehead atoms. The zero-order valence-electron chi connectivity index (χ0n) is 17.1. The van der Waals surface area contributed by atoms with Gasteiger partial charge in [0.05, 0.1) is 24.2 Å². The van der Waals surface area contributed by atoms with E-state index in [2.05, 4.69) is 12.1 Å². The minimum absolute atomic E-state index is 0.202. The number of fused-ring (bicyclic) bond motifs is 5. The lowest BCUT2D eigenvalue weighted by molar-refractivity contribution is -0.932. The van der Waals surface area contributed by atoms with Crippen LogP contribution in [0.1, 0.15) is 35.1 Å². The van der Waals surface area contributed by atoms with E-state index in [0.717, 1.165) is 73.0 Å². The van der Waals surface area contributed by atoms with Crippen LogP contribution in [-0.4, -0.2) is 20.4 Å². The van der Waals surface area contributed by atoms with Crippen molar-refractivity contribution in [1.82, 2.24) is 0 Å². The van der Waals surface area contributed by atoms with E-state index < -0.39 is 0 Å². The van der Waals surface area contributed by atoms with E-state index in [1.807, 2.05) is 18.2 Å². The Kier molecular flexibility index (Phi) is 5.17. The van der Waals surface area contributed by atoms with Crippen LogP contribution in [0.4, 0.5) is 0 Å². The molecule has 0 fully saturated rings. The predicted octanol–water partition coefficient (Wildman–Crippen LogP) is 3.31. The van der Waals surface area contributed by atoms with Gasteiger partial charge in [0, 0.05) is 17.4 Å². The molecule has 0 saturated carbocycles. The van der Waals surface area contributed by atoms with Crippen LogP contribution in [0.5, 0.6) is 11.5 Å². The van der Waals surface area contributed by atoms with Crippen LogP contribution in [0.15, 0.2) is 39.5 Å². The Morgan fingerprint density at radius 1 is 1.10 bits per heavy atom. The van der Waals surface area contributed by atoms with Gasteiger partial charge in [-0.1, -0.05) is 23.7 Å². The molecule has 1 N–H and O–H groups in total. The monoisotopic (exact) mass is 426 g/mol. The van der Waals surface area contributed by atoms with Gasteiger partial charge >= 0.3 is 5.63 Å². The molecule has 1 aliphatic carbocycles. The van der Waals surface area contributed by atoms with Gasteiger partial charge in [0.1, 0.15) is 12.3 Å². The zero-order valence-corrected chi connectivity index (χ0v) is 17.8. The number of quaternary nitrogens is 1. The number of nitrogens with one attached hydrogen (secondary N) is 1. The number of aryl methyl sites for hydroxylation is 1. The van der Waals surface area contributed by atoms with Gasteiger partial charge in [0.15, 0.2) is 11.3 Å². The number of hydrogen-bond acceptors (Lipinski definition) is 4. The third-order valence-electron chi connectivity index (χ3n) is 6.29. The van der Waals surface area contributed by atoms with Crippen LogP contribution < -0.4 is 20.0 Å². The molecular weight excluding hydrogens is 402 g/mol. The molecule has 0 amide bonds. The van der Waals surface area contributed by atoms with E-state index in [-0.39, 0.29) is 5.63 Å². The summed E-state index contributed by atoms with van der Waals surface area (Å²) in [6, 6.07) is 10.1. The summed E-state index contributed by atoms with van der Waals surface area (Å²) in [6.07, 6.45) is 4.75. The fourth-order valence-corrected chi connectivity index (χ4v) is 4.93. The Labute approximate surface area is 180 Å². The molecule has 1 atom stereocenters. The van der Waals surface area contributed by atoms with Crippen molar-refractivity contribution < 1.29 is 18.8 Å². The maximum absolute atomic E-state index is 12.6. The molecular formula is C24H25ClNO4+. The molecule has 6 heteroatoms. The van der Waals surface area contributed by atoms with Crippen molar-refractivity contribution in [1.29, 1.82) is 0 Å². The number of methoxy groups -OCH3 is 1. The molecule has 2 aromatic carbocycles. The molecule has 1 aromatic heterocycles. The molecule has 3 aromatic rings. The molecule has 156 valence electrons. The van der Waals surface area contributed by atoms with Crippen LogP contribution in [0.25, 0.3) is 11.0 Å². The molecule has 2 heterocycles. The second kappa shape index (κ2) is 7.97. The first-order valence-corrected chi connectivity index (χ1v) is 10.9. The molecule has 30 heavy (non-hydrogen) atoms. The van der Waals surface area contributed by atoms with Crippen molar-refractivity contribution in [2.75, 3.05) is 20.4 Å². The molecule has 0 saturated heterocycles. The van der Waals surface area contributed by atoms with Crippen molar-refractivity contribution in [3.05, 3.63) is 68.0 Å². The number of benzene rings is 2. The minimum atomic E-state index is -0.202. The predicted molar refractivity (Wildman–Crippen MR) is 116 cm³/mol. The first-order chi connectivity index (χ1) is 14.6. The zero-order chi connectivity index (χ0) is 20.7. The minimum Gasteiger partial charge on any atom is -0.497 e. The molecule has 5 nitrogen and oxygen atoms in total. The third-order valence-corrected chi connectivity index (χ3v) is 6.57. The highest BCUT2D eigenvalue weighted by Crippen LogP contribution is 2.38. The van der Waals surface area contributed by atoms with Gasteiger partial charge < -0.3 is 13.9 Å². The van der Waals surface area contributed by atoms with Gasteiger partial charge in [-0.2, -0.15) is 0 Å². The Hall–Kier alpha value is -2.50. The maximum atomic E-state index is 12.6. The molecule has 5 rings (SSSR count). The lowest BCUT2D eigenvalue weighted by Gasteiger charge is -2.28. The maximum Gasteiger partial charge on any atom is 0.339 e. The Morgan fingerprint density at radius 2 is 1.87 bits per heavy atom. The van der Waals surface area contributed by atoms with E-state index in [9.17, 15) is 4.79 Å². The van der Waals surface area contributed by atoms with Gasteiger partial charge in [-0.25, -0.2) is 4.79 Å². The quantitative estimate of drug-likeness (QED) is 0.650. The summed E-state index contributed by atoms with van der Waals surface area (Å²) in [5.74, 6) is 1.53. The summed E-state index contributed by atoms with van der Waals surface area (Å²) in [7, 11) is 1.67. The summed E-state index contributed by atoms with van der Waals surface area (Å²) in [6.45, 7) is 2.18. The molecule has 1 aliphatic heterocycles. The number of ether oxygens (including phenoxy) is 2. The van der Waals surface area contributed by atoms with Crippen molar-refractivity contribution in [2.45, 2.75) is 38.6 Å². The van der Waals surface area contributed by atoms with Gasteiger partial charge in [-0.15, -0.1) is 0 Å². The van der Waals surface area contributed by atoms with Crippen molar-refractivity contribution >= 4 is 22.6 Å². The highest BCUT2D eigenvalue weighted by Gasteiger charge is 2.29. The lowest BCUT2D eigenvalue weighted by atomic mass is 9.90. The smallest absolute Gasteiger partial charge is 0.339 e. The molecule has 0 spiro atoms. The van der Waals surface area contributed by atoms with Gasteiger partial charge in [-0.05, 0) is 55.0 Å². The fourth-order valence-electron chi connectivity index (χ4n) is 4.66. The number of rotatable bonds is 4. The second-order valence-electron chi connectivity index (χ2n) is 8.16. The van der Waals surface area contributed by atoms with Crippen molar-refractivity contribution in [3.8, 4) is 11.5 Å². The number of halogens is 1. The van der Waals surface area contributed by atoms with E-state index in [0.29, 0.717) is 23.1 Å². The molecule has 1 unspecified atom stereocenters. The van der Waals surface area contributed by atoms with E-state index in [1.54, 1.807) is 7.11 Å².